The van der Waals surface area contributed by atoms with Crippen molar-refractivity contribution in [2.45, 2.75) is 38.5 Å². The minimum Gasteiger partial charge on any atom is -0.207 e. The van der Waals surface area contributed by atoms with Crippen molar-refractivity contribution in [2.24, 2.45) is 5.92 Å². The van der Waals surface area contributed by atoms with Gasteiger partial charge in [-0.15, -0.1) is 11.6 Å². The fourth-order valence-electron chi connectivity index (χ4n) is 1.67. The molecule has 0 radical (unpaired) electrons. The molecule has 0 fully saturated rings. The van der Waals surface area contributed by atoms with Crippen LogP contribution in [0.2, 0.25) is 0 Å². The highest BCUT2D eigenvalue weighted by Crippen LogP contribution is 2.22. The molecule has 0 aliphatic rings. The zero-order valence-corrected chi connectivity index (χ0v) is 12.0. The Balaban J connectivity index is 2.48. The van der Waals surface area contributed by atoms with Crippen LogP contribution in [0.25, 0.3) is 0 Å². The van der Waals surface area contributed by atoms with Gasteiger partial charge in [0.05, 0.1) is 0 Å². The van der Waals surface area contributed by atoms with Crippen molar-refractivity contribution >= 4 is 27.5 Å². The van der Waals surface area contributed by atoms with Gasteiger partial charge in [-0.2, -0.15) is 0 Å². The first-order valence-corrected chi connectivity index (χ1v) is 6.80. The van der Waals surface area contributed by atoms with Gasteiger partial charge in [0.25, 0.3) is 0 Å². The summed E-state index contributed by atoms with van der Waals surface area (Å²) in [6.07, 6.45) is 2.85. The van der Waals surface area contributed by atoms with Crippen LogP contribution in [0, 0.1) is 11.7 Å². The van der Waals surface area contributed by atoms with Crippen LogP contribution in [-0.4, -0.2) is 5.38 Å². The van der Waals surface area contributed by atoms with Crippen LogP contribution in [0.1, 0.15) is 32.3 Å². The van der Waals surface area contributed by atoms with Gasteiger partial charge in [0, 0.05) is 9.85 Å². The monoisotopic (exact) mass is 306 g/mol. The Bertz CT molecular complexity index is 339. The highest BCUT2D eigenvalue weighted by Gasteiger charge is 2.09. The maximum atomic E-state index is 12.9. The lowest BCUT2D eigenvalue weighted by molar-refractivity contribution is 0.544. The molecule has 0 bridgehead atoms. The van der Waals surface area contributed by atoms with E-state index in [9.17, 15) is 4.39 Å². The van der Waals surface area contributed by atoms with Gasteiger partial charge in [-0.1, -0.05) is 35.8 Å². The molecule has 16 heavy (non-hydrogen) atoms. The van der Waals surface area contributed by atoms with Crippen LogP contribution in [0.3, 0.4) is 0 Å². The second kappa shape index (κ2) is 6.61. The molecule has 0 heterocycles. The summed E-state index contributed by atoms with van der Waals surface area (Å²) in [5.74, 6) is 0.416. The number of rotatable bonds is 5. The number of hydrogen-bond acceptors (Lipinski definition) is 0. The summed E-state index contributed by atoms with van der Waals surface area (Å²) in [4.78, 5) is 0. The summed E-state index contributed by atoms with van der Waals surface area (Å²) in [6, 6.07) is 4.81. The van der Waals surface area contributed by atoms with Gasteiger partial charge in [-0.3, -0.25) is 0 Å². The normalized spacial score (nSPS) is 13.1. The molecule has 1 unspecified atom stereocenters. The average molecular weight is 308 g/mol. The second-order valence-electron chi connectivity index (χ2n) is 4.50. The maximum absolute atomic E-state index is 12.9. The summed E-state index contributed by atoms with van der Waals surface area (Å²) < 4.78 is 13.7. The summed E-state index contributed by atoms with van der Waals surface area (Å²) in [5.41, 5.74) is 1.12. The van der Waals surface area contributed by atoms with Gasteiger partial charge >= 0.3 is 0 Å². The number of hydrogen-bond donors (Lipinski definition) is 0. The van der Waals surface area contributed by atoms with E-state index >= 15 is 0 Å². The molecule has 1 aromatic rings. The lowest BCUT2D eigenvalue weighted by atomic mass is 10.0. The molecule has 0 aliphatic carbocycles. The lowest BCUT2D eigenvalue weighted by Gasteiger charge is -2.12. The van der Waals surface area contributed by atoms with Crippen molar-refractivity contribution in [1.29, 1.82) is 0 Å². The first-order chi connectivity index (χ1) is 7.49. The third-order valence-electron chi connectivity index (χ3n) is 2.47. The summed E-state index contributed by atoms with van der Waals surface area (Å²) >= 11 is 9.58. The third-order valence-corrected chi connectivity index (χ3v) is 3.60. The predicted molar refractivity (Wildman–Crippen MR) is 71.5 cm³/mol. The van der Waals surface area contributed by atoms with Crippen LogP contribution >= 0.6 is 27.5 Å². The number of halogens is 3. The Morgan fingerprint density at radius 1 is 1.38 bits per heavy atom. The molecule has 0 saturated heterocycles. The van der Waals surface area contributed by atoms with Gasteiger partial charge in [0.1, 0.15) is 5.82 Å². The number of benzene rings is 1. The van der Waals surface area contributed by atoms with Gasteiger partial charge in [0.15, 0.2) is 0 Å². The molecule has 90 valence electrons. The minimum atomic E-state index is -0.208. The van der Waals surface area contributed by atoms with E-state index in [2.05, 4.69) is 29.8 Å². The van der Waals surface area contributed by atoms with Crippen LogP contribution in [0.4, 0.5) is 4.39 Å². The van der Waals surface area contributed by atoms with E-state index in [-0.39, 0.29) is 11.2 Å². The molecule has 0 saturated carbocycles. The zero-order chi connectivity index (χ0) is 12.1. The van der Waals surface area contributed by atoms with Crippen LogP contribution in [0.15, 0.2) is 22.7 Å². The molecule has 0 aliphatic heterocycles. The van der Waals surface area contributed by atoms with E-state index in [0.29, 0.717) is 5.92 Å². The molecule has 1 aromatic carbocycles. The quantitative estimate of drug-likeness (QED) is 0.658. The van der Waals surface area contributed by atoms with E-state index in [0.717, 1.165) is 29.3 Å². The van der Waals surface area contributed by atoms with Crippen molar-refractivity contribution in [3.05, 3.63) is 34.1 Å². The van der Waals surface area contributed by atoms with Gasteiger partial charge in [-0.05, 0) is 42.9 Å². The average Bonchev–Trinajstić information content (AvgIpc) is 2.15. The van der Waals surface area contributed by atoms with Gasteiger partial charge in [-0.25, -0.2) is 4.39 Å². The van der Waals surface area contributed by atoms with E-state index in [1.807, 2.05) is 6.07 Å². The largest absolute Gasteiger partial charge is 0.207 e. The van der Waals surface area contributed by atoms with E-state index in [1.165, 1.54) is 12.1 Å². The van der Waals surface area contributed by atoms with Crippen molar-refractivity contribution in [2.75, 3.05) is 0 Å². The lowest BCUT2D eigenvalue weighted by Crippen LogP contribution is -2.05. The summed E-state index contributed by atoms with van der Waals surface area (Å²) in [6.45, 7) is 4.34. The SMILES string of the molecule is CC(C)CC(Cl)CCc1ccc(F)cc1Br. The summed E-state index contributed by atoms with van der Waals surface area (Å²) in [7, 11) is 0. The van der Waals surface area contributed by atoms with Crippen LogP contribution in [0.5, 0.6) is 0 Å². The van der Waals surface area contributed by atoms with Crippen LogP contribution in [-0.2, 0) is 6.42 Å². The van der Waals surface area contributed by atoms with Crippen molar-refractivity contribution < 1.29 is 4.39 Å². The fraction of sp³-hybridized carbons (Fsp3) is 0.538. The predicted octanol–water partition coefficient (Wildman–Crippen LogP) is 5.17. The highest BCUT2D eigenvalue weighted by atomic mass is 79.9. The Labute approximate surface area is 110 Å². The Kier molecular flexibility index (Phi) is 5.77. The Morgan fingerprint density at radius 3 is 2.62 bits per heavy atom. The van der Waals surface area contributed by atoms with Gasteiger partial charge in [0.2, 0.25) is 0 Å². The topological polar surface area (TPSA) is 0 Å². The fourth-order valence-corrected chi connectivity index (χ4v) is 2.68. The molecule has 1 rings (SSSR count). The smallest absolute Gasteiger partial charge is 0.124 e. The van der Waals surface area contributed by atoms with Crippen molar-refractivity contribution in [3.8, 4) is 0 Å². The third kappa shape index (κ3) is 4.84. The first kappa shape index (κ1) is 14.0. The molecule has 0 nitrogen and oxygen atoms in total. The molecule has 1 atom stereocenters. The Morgan fingerprint density at radius 2 is 2.06 bits per heavy atom. The first-order valence-electron chi connectivity index (χ1n) is 5.57. The second-order valence-corrected chi connectivity index (χ2v) is 5.97. The molecule has 0 aromatic heterocycles. The Hall–Kier alpha value is -0.0800. The number of aryl methyl sites for hydroxylation is 1. The van der Waals surface area contributed by atoms with E-state index in [4.69, 9.17) is 11.6 Å². The maximum Gasteiger partial charge on any atom is 0.124 e. The zero-order valence-electron chi connectivity index (χ0n) is 9.64. The molecule has 0 amide bonds. The standard InChI is InChI=1S/C13H17BrClF/c1-9(2)7-11(15)5-3-10-4-6-12(16)8-13(10)14/h4,6,8-9,11H,3,5,7H2,1-2H3. The molecule has 0 spiro atoms. The molecule has 0 N–H and O–H groups in total. The molecular formula is C13H17BrClF. The minimum absolute atomic E-state index is 0.206. The summed E-state index contributed by atoms with van der Waals surface area (Å²) in [5, 5.41) is 0.206. The highest BCUT2D eigenvalue weighted by molar-refractivity contribution is 9.10. The van der Waals surface area contributed by atoms with Gasteiger partial charge < -0.3 is 0 Å². The van der Waals surface area contributed by atoms with Crippen molar-refractivity contribution in [1.82, 2.24) is 0 Å². The van der Waals surface area contributed by atoms with Crippen LogP contribution < -0.4 is 0 Å². The molecule has 3 heteroatoms. The van der Waals surface area contributed by atoms with E-state index in [1.54, 1.807) is 0 Å². The van der Waals surface area contributed by atoms with E-state index < -0.39 is 0 Å². The number of alkyl halides is 1. The molecular weight excluding hydrogens is 290 g/mol. The van der Waals surface area contributed by atoms with Crippen molar-refractivity contribution in [3.63, 3.8) is 0 Å².